The number of anilines is 1. The summed E-state index contributed by atoms with van der Waals surface area (Å²) in [6.07, 6.45) is 9.70. The topological polar surface area (TPSA) is 231 Å². The molecule has 7 heterocycles. The number of hydrogen-bond donors (Lipinski definition) is 4. The van der Waals surface area contributed by atoms with Crippen LogP contribution in [0.1, 0.15) is 107 Å². The molecule has 396 valence electrons. The Morgan fingerprint density at radius 3 is 2.40 bits per heavy atom. The molecule has 1 saturated carbocycles. The van der Waals surface area contributed by atoms with Gasteiger partial charge >= 0.3 is 0 Å². The van der Waals surface area contributed by atoms with Gasteiger partial charge in [0.1, 0.15) is 17.7 Å². The highest BCUT2D eigenvalue weighted by Crippen LogP contribution is 2.39. The molecule has 75 heavy (non-hydrogen) atoms. The van der Waals surface area contributed by atoms with Crippen LogP contribution in [0.2, 0.25) is 0 Å². The standard InChI is InChI=1S/C56H69N11O7S/c1-33(2)51(56(72)66-31-43(68)25-47(66)54(70)60-34(3)38-9-11-39(12-10-38)52-35(4)58-32-75-52)49-27-50(63-74-49)73-22-17-36-13-20-65(21-14-36)55(71)40-23-37(24-40)29-64-18-15-42(16-19-64)67-30-41(28-59-67)45-26-46(61-62-53(45)57)44-7-5-6-8-48(44)69/h5-12,26-28,30,32-34,36-37,40,42-43,47,51,68-69H,13-25,29,31H2,1-4H3,(H2,57,62)(H,60,70)/t34-,37?,40?,43+,47-,51-/m0/s1. The molecule has 6 aromatic rings. The molecule has 18 nitrogen and oxygen atoms in total. The van der Waals surface area contributed by atoms with Crippen LogP contribution >= 0.6 is 11.3 Å². The van der Waals surface area contributed by atoms with E-state index in [1.54, 1.807) is 35.6 Å². The Balaban J connectivity index is 0.629. The van der Waals surface area contributed by atoms with Crippen molar-refractivity contribution in [2.24, 2.45) is 23.7 Å². The van der Waals surface area contributed by atoms with Crippen LogP contribution in [0, 0.1) is 30.6 Å². The van der Waals surface area contributed by atoms with Gasteiger partial charge in [0, 0.05) is 80.6 Å². The first kappa shape index (κ1) is 51.8. The number of β-amino-alcohol motifs (C(OH)–C–C–N with tert-alkyl or cyclic N) is 1. The summed E-state index contributed by atoms with van der Waals surface area (Å²) in [6, 6.07) is 17.7. The molecule has 1 aliphatic carbocycles. The molecule has 0 radical (unpaired) electrons. The quantitative estimate of drug-likeness (QED) is 0.0687. The van der Waals surface area contributed by atoms with Crippen LogP contribution in [0.15, 0.2) is 83.1 Å². The highest BCUT2D eigenvalue weighted by atomic mass is 32.1. The maximum Gasteiger partial charge on any atom is 0.254 e. The highest BCUT2D eigenvalue weighted by molar-refractivity contribution is 7.13. The van der Waals surface area contributed by atoms with Crippen molar-refractivity contribution in [2.75, 3.05) is 51.6 Å². The zero-order chi connectivity index (χ0) is 52.3. The van der Waals surface area contributed by atoms with E-state index in [-0.39, 0.29) is 54.4 Å². The van der Waals surface area contributed by atoms with E-state index >= 15 is 0 Å². The van der Waals surface area contributed by atoms with E-state index < -0.39 is 18.1 Å². The van der Waals surface area contributed by atoms with E-state index in [0.29, 0.717) is 53.1 Å². The minimum atomic E-state index is -0.833. The van der Waals surface area contributed by atoms with Gasteiger partial charge in [-0.25, -0.2) is 4.98 Å². The number of phenolic OH excluding ortho intramolecular Hbond substituents is 1. The molecule has 4 aromatic heterocycles. The smallest absolute Gasteiger partial charge is 0.254 e. The fraction of sp³-hybridized carbons (Fsp3) is 0.500. The number of nitrogen functional groups attached to an aromatic ring is 1. The zero-order valence-electron chi connectivity index (χ0n) is 43.3. The number of aliphatic hydroxyl groups excluding tert-OH is 1. The van der Waals surface area contributed by atoms with Gasteiger partial charge < -0.3 is 45.2 Å². The third-order valence-corrected chi connectivity index (χ3v) is 17.0. The van der Waals surface area contributed by atoms with Crippen LogP contribution in [0.5, 0.6) is 11.6 Å². The van der Waals surface area contributed by atoms with Gasteiger partial charge in [-0.15, -0.1) is 21.5 Å². The van der Waals surface area contributed by atoms with E-state index in [9.17, 15) is 24.6 Å². The number of rotatable bonds is 17. The molecule has 3 amide bonds. The number of aliphatic hydroxyl groups is 1. The number of ether oxygens (including phenoxy) is 1. The number of para-hydroxylation sites is 1. The maximum absolute atomic E-state index is 14.2. The first-order valence-corrected chi connectivity index (χ1v) is 27.5. The fourth-order valence-electron chi connectivity index (χ4n) is 11.6. The van der Waals surface area contributed by atoms with Crippen molar-refractivity contribution in [3.8, 4) is 44.5 Å². The van der Waals surface area contributed by atoms with Gasteiger partial charge in [-0.1, -0.05) is 50.2 Å². The highest BCUT2D eigenvalue weighted by Gasteiger charge is 2.44. The van der Waals surface area contributed by atoms with Crippen LogP contribution in [0.4, 0.5) is 5.82 Å². The van der Waals surface area contributed by atoms with E-state index in [1.807, 2.05) is 86.7 Å². The maximum atomic E-state index is 14.2. The Morgan fingerprint density at radius 2 is 1.68 bits per heavy atom. The number of aryl methyl sites for hydroxylation is 1. The largest absolute Gasteiger partial charge is 0.507 e. The third-order valence-electron chi connectivity index (χ3n) is 16.0. The summed E-state index contributed by atoms with van der Waals surface area (Å²) in [5.41, 5.74) is 13.8. The number of benzene rings is 2. The lowest BCUT2D eigenvalue weighted by Gasteiger charge is -2.42. The summed E-state index contributed by atoms with van der Waals surface area (Å²) >= 11 is 1.59. The Morgan fingerprint density at radius 1 is 0.920 bits per heavy atom. The number of thiazole rings is 1. The fourth-order valence-corrected chi connectivity index (χ4v) is 12.4. The van der Waals surface area contributed by atoms with Crippen molar-refractivity contribution in [3.63, 3.8) is 0 Å². The molecule has 0 spiro atoms. The Bertz CT molecular complexity index is 2940. The Kier molecular flexibility index (Phi) is 15.6. The molecule has 5 N–H and O–H groups in total. The Labute approximate surface area is 441 Å². The summed E-state index contributed by atoms with van der Waals surface area (Å²) in [5, 5.41) is 41.4. The second kappa shape index (κ2) is 22.6. The van der Waals surface area contributed by atoms with E-state index in [2.05, 4.69) is 35.5 Å². The first-order valence-electron chi connectivity index (χ1n) is 26.6. The number of amides is 3. The molecule has 10 rings (SSSR count). The molecule has 3 aliphatic heterocycles. The van der Waals surface area contributed by atoms with Gasteiger partial charge in [0.2, 0.25) is 17.7 Å². The van der Waals surface area contributed by atoms with Crippen molar-refractivity contribution >= 4 is 34.9 Å². The van der Waals surface area contributed by atoms with Crippen LogP contribution < -0.4 is 15.8 Å². The van der Waals surface area contributed by atoms with Crippen LogP contribution in [-0.2, 0) is 14.4 Å². The molecule has 4 aliphatic rings. The molecule has 3 saturated heterocycles. The summed E-state index contributed by atoms with van der Waals surface area (Å²) in [6.45, 7) is 12.7. The Hall–Kier alpha value is -6.70. The molecule has 0 unspecified atom stereocenters. The van der Waals surface area contributed by atoms with Gasteiger partial charge in [-0.05, 0) is 111 Å². The predicted molar refractivity (Wildman–Crippen MR) is 284 cm³/mol. The molecule has 19 heteroatoms. The van der Waals surface area contributed by atoms with Crippen molar-refractivity contribution in [3.05, 3.63) is 95.6 Å². The first-order chi connectivity index (χ1) is 36.3. The van der Waals surface area contributed by atoms with Crippen LogP contribution in [0.25, 0.3) is 32.8 Å². The average Bonchev–Trinajstić information content (AvgIpc) is 4.24. The van der Waals surface area contributed by atoms with Crippen molar-refractivity contribution in [1.29, 1.82) is 0 Å². The molecule has 4 atom stereocenters. The number of carbonyl (C=O) groups is 3. The van der Waals surface area contributed by atoms with E-state index in [0.717, 1.165) is 110 Å². The van der Waals surface area contributed by atoms with Gasteiger partial charge in [0.05, 0.1) is 52.8 Å². The van der Waals surface area contributed by atoms with Gasteiger partial charge in [0.15, 0.2) is 11.6 Å². The van der Waals surface area contributed by atoms with Crippen molar-refractivity contribution in [1.82, 2.24) is 50.1 Å². The predicted octanol–water partition coefficient (Wildman–Crippen LogP) is 7.66. The monoisotopic (exact) mass is 1040 g/mol. The SMILES string of the molecule is Cc1ncsc1-c1ccc([C@H](C)NC(=O)[C@@H]2C[C@@H](O)CN2C(=O)[C@H](c2cc(OCCC3CCN(C(=O)C4CC(CN5CCC(n6cc(-c7cc(-c8ccccc8O)nnc7N)cn6)CC5)C4)CC3)no2)C(C)C)cc1. The normalized spacial score (nSPS) is 21.5. The van der Waals surface area contributed by atoms with Crippen LogP contribution in [-0.4, -0.2) is 131 Å². The van der Waals surface area contributed by atoms with Crippen molar-refractivity contribution in [2.45, 2.75) is 109 Å². The van der Waals surface area contributed by atoms with Gasteiger partial charge in [0.25, 0.3) is 5.88 Å². The average molecular weight is 1040 g/mol. The van der Waals surface area contributed by atoms with Gasteiger partial charge in [-0.2, -0.15) is 5.10 Å². The van der Waals surface area contributed by atoms with Crippen LogP contribution in [0.3, 0.4) is 0 Å². The number of likely N-dealkylation sites (tertiary alicyclic amines) is 3. The van der Waals surface area contributed by atoms with Gasteiger partial charge in [-0.3, -0.25) is 19.1 Å². The summed E-state index contributed by atoms with van der Waals surface area (Å²) in [5.74, 6) is 0.952. The number of aromatic hydroxyl groups is 1. The number of hydrogen-bond acceptors (Lipinski definition) is 15. The van der Waals surface area contributed by atoms with E-state index in [1.165, 1.54) is 4.90 Å². The number of phenols is 1. The molecule has 4 fully saturated rings. The lowest BCUT2D eigenvalue weighted by Crippen LogP contribution is -2.48. The number of nitrogens with one attached hydrogen (secondary N) is 1. The van der Waals surface area contributed by atoms with E-state index in [4.69, 9.17) is 20.1 Å². The summed E-state index contributed by atoms with van der Waals surface area (Å²) in [7, 11) is 0. The minimum Gasteiger partial charge on any atom is -0.507 e. The summed E-state index contributed by atoms with van der Waals surface area (Å²) in [4.78, 5) is 53.1. The second-order valence-corrected chi connectivity index (χ2v) is 22.4. The molecular weight excluding hydrogens is 971 g/mol. The second-order valence-electron chi connectivity index (χ2n) is 21.5. The number of aromatic nitrogens is 6. The molecule has 0 bridgehead atoms. The third kappa shape index (κ3) is 11.6. The minimum absolute atomic E-state index is 0.0495. The summed E-state index contributed by atoms with van der Waals surface area (Å²) < 4.78 is 13.8. The number of nitrogens with two attached hydrogens (primary N) is 1. The molecular formula is C56H69N11O7S. The zero-order valence-corrected chi connectivity index (χ0v) is 44.1. The molecule has 2 aromatic carbocycles. The number of carbonyl (C=O) groups excluding carboxylic acids is 3. The lowest BCUT2D eigenvalue weighted by molar-refractivity contribution is -0.141. The van der Waals surface area contributed by atoms with Crippen molar-refractivity contribution < 1.29 is 33.9 Å². The lowest BCUT2D eigenvalue weighted by atomic mass is 9.73. The number of nitrogens with zero attached hydrogens (tertiary/aromatic N) is 9. The number of piperidine rings is 2.